The molecular formula is C11H19N3O3S. The fourth-order valence-corrected chi connectivity index (χ4v) is 1.80. The zero-order chi connectivity index (χ0) is 13.5. The summed E-state index contributed by atoms with van der Waals surface area (Å²) in [6.07, 6.45) is 0.939. The number of esters is 1. The summed E-state index contributed by atoms with van der Waals surface area (Å²) in [5.74, 6) is 0.547. The van der Waals surface area contributed by atoms with Gasteiger partial charge < -0.3 is 14.9 Å². The van der Waals surface area contributed by atoms with Crippen LogP contribution in [0.4, 0.5) is 0 Å². The molecule has 0 radical (unpaired) electrons. The number of aromatic nitrogens is 2. The zero-order valence-corrected chi connectivity index (χ0v) is 11.7. The number of carbonyl (C=O) groups is 1. The molecule has 1 aromatic rings. The standard InChI is InChI=1S/C11H19N3O3S/c1-4-7(3)9(12)10-13-14-11(17-10)18-6-8(15)16-5-2/h7,9H,4-6,12H2,1-3H3/t7-,9+/m1/s1. The first-order chi connectivity index (χ1) is 8.58. The van der Waals surface area contributed by atoms with Crippen LogP contribution < -0.4 is 5.73 Å². The second-order valence-electron chi connectivity index (χ2n) is 3.91. The van der Waals surface area contributed by atoms with Crippen molar-refractivity contribution < 1.29 is 13.9 Å². The van der Waals surface area contributed by atoms with Crippen LogP contribution in [0.15, 0.2) is 9.64 Å². The third-order valence-electron chi connectivity index (χ3n) is 2.58. The molecule has 0 saturated carbocycles. The molecule has 0 fully saturated rings. The van der Waals surface area contributed by atoms with E-state index in [0.717, 1.165) is 18.2 Å². The van der Waals surface area contributed by atoms with E-state index < -0.39 is 0 Å². The van der Waals surface area contributed by atoms with Gasteiger partial charge in [0.05, 0.1) is 12.6 Å². The van der Waals surface area contributed by atoms with Crippen molar-refractivity contribution in [2.45, 2.75) is 38.5 Å². The monoisotopic (exact) mass is 273 g/mol. The summed E-state index contributed by atoms with van der Waals surface area (Å²) in [5.41, 5.74) is 5.97. The van der Waals surface area contributed by atoms with Gasteiger partial charge in [-0.2, -0.15) is 0 Å². The molecular weight excluding hydrogens is 254 g/mol. The quantitative estimate of drug-likeness (QED) is 0.598. The maximum atomic E-state index is 11.2. The maximum Gasteiger partial charge on any atom is 0.316 e. The number of hydrogen-bond acceptors (Lipinski definition) is 7. The molecule has 7 heteroatoms. The van der Waals surface area contributed by atoms with Crippen LogP contribution in [0.2, 0.25) is 0 Å². The number of hydrogen-bond donors (Lipinski definition) is 1. The van der Waals surface area contributed by atoms with Crippen molar-refractivity contribution in [2.24, 2.45) is 11.7 Å². The number of thioether (sulfide) groups is 1. The lowest BCUT2D eigenvalue weighted by atomic mass is 10.0. The molecule has 2 N–H and O–H groups in total. The van der Waals surface area contributed by atoms with Crippen LogP contribution >= 0.6 is 11.8 Å². The van der Waals surface area contributed by atoms with Crippen molar-refractivity contribution in [3.05, 3.63) is 5.89 Å². The minimum atomic E-state index is -0.298. The third kappa shape index (κ3) is 4.30. The van der Waals surface area contributed by atoms with Gasteiger partial charge in [0, 0.05) is 0 Å². The van der Waals surface area contributed by atoms with Crippen molar-refractivity contribution in [3.63, 3.8) is 0 Å². The van der Waals surface area contributed by atoms with Gasteiger partial charge in [-0.3, -0.25) is 4.79 Å². The highest BCUT2D eigenvalue weighted by Crippen LogP contribution is 2.24. The molecule has 0 spiro atoms. The summed E-state index contributed by atoms with van der Waals surface area (Å²) >= 11 is 1.16. The van der Waals surface area contributed by atoms with Crippen LogP contribution in [0.3, 0.4) is 0 Å². The van der Waals surface area contributed by atoms with Gasteiger partial charge in [-0.1, -0.05) is 32.0 Å². The highest BCUT2D eigenvalue weighted by atomic mass is 32.2. The van der Waals surface area contributed by atoms with Gasteiger partial charge in [0.15, 0.2) is 0 Å². The molecule has 0 unspecified atom stereocenters. The van der Waals surface area contributed by atoms with Crippen LogP contribution in [0.1, 0.15) is 39.1 Å². The first-order valence-corrected chi connectivity index (χ1v) is 6.94. The van der Waals surface area contributed by atoms with E-state index in [2.05, 4.69) is 17.1 Å². The Morgan fingerprint density at radius 3 is 2.83 bits per heavy atom. The van der Waals surface area contributed by atoms with Gasteiger partial charge in [0.25, 0.3) is 5.22 Å². The van der Waals surface area contributed by atoms with Crippen LogP contribution in [0.25, 0.3) is 0 Å². The summed E-state index contributed by atoms with van der Waals surface area (Å²) in [4.78, 5) is 11.2. The Kier molecular flexibility index (Phi) is 6.14. The topological polar surface area (TPSA) is 91.2 Å². The molecule has 1 aromatic heterocycles. The van der Waals surface area contributed by atoms with E-state index in [0.29, 0.717) is 17.7 Å². The molecule has 2 atom stereocenters. The molecule has 0 saturated heterocycles. The van der Waals surface area contributed by atoms with Crippen LogP contribution in [0, 0.1) is 5.92 Å². The Bertz CT molecular complexity index is 383. The van der Waals surface area contributed by atoms with Gasteiger partial charge in [-0.05, 0) is 12.8 Å². The molecule has 0 amide bonds. The lowest BCUT2D eigenvalue weighted by Crippen LogP contribution is -2.18. The first-order valence-electron chi connectivity index (χ1n) is 5.95. The summed E-state index contributed by atoms with van der Waals surface area (Å²) in [6, 6.07) is -0.264. The van der Waals surface area contributed by atoms with Crippen LogP contribution in [-0.2, 0) is 9.53 Å². The summed E-state index contributed by atoms with van der Waals surface area (Å²) in [5, 5.41) is 8.08. The van der Waals surface area contributed by atoms with Gasteiger partial charge >= 0.3 is 5.97 Å². The van der Waals surface area contributed by atoms with Crippen molar-refractivity contribution in [1.82, 2.24) is 10.2 Å². The fraction of sp³-hybridized carbons (Fsp3) is 0.727. The Morgan fingerprint density at radius 1 is 1.50 bits per heavy atom. The average molecular weight is 273 g/mol. The van der Waals surface area contributed by atoms with E-state index in [1.807, 2.05) is 6.92 Å². The number of nitrogens with zero attached hydrogens (tertiary/aromatic N) is 2. The van der Waals surface area contributed by atoms with Crippen molar-refractivity contribution in [1.29, 1.82) is 0 Å². The maximum absolute atomic E-state index is 11.2. The number of nitrogens with two attached hydrogens (primary N) is 1. The van der Waals surface area contributed by atoms with Gasteiger partial charge in [-0.15, -0.1) is 10.2 Å². The molecule has 0 aliphatic rings. The molecule has 102 valence electrons. The fourth-order valence-electron chi connectivity index (χ4n) is 1.23. The van der Waals surface area contributed by atoms with Crippen molar-refractivity contribution >= 4 is 17.7 Å². The van der Waals surface area contributed by atoms with Crippen molar-refractivity contribution in [3.8, 4) is 0 Å². The lowest BCUT2D eigenvalue weighted by Gasteiger charge is -2.13. The predicted octanol–water partition coefficient (Wildman–Crippen LogP) is 1.77. The largest absolute Gasteiger partial charge is 0.465 e. The van der Waals surface area contributed by atoms with E-state index in [-0.39, 0.29) is 23.7 Å². The van der Waals surface area contributed by atoms with E-state index >= 15 is 0 Å². The second kappa shape index (κ2) is 7.38. The summed E-state index contributed by atoms with van der Waals surface area (Å²) in [6.45, 7) is 6.21. The first kappa shape index (κ1) is 15.0. The summed E-state index contributed by atoms with van der Waals surface area (Å²) < 4.78 is 10.2. The Balaban J connectivity index is 2.50. The Morgan fingerprint density at radius 2 is 2.22 bits per heavy atom. The predicted molar refractivity (Wildman–Crippen MR) is 68.0 cm³/mol. The minimum absolute atomic E-state index is 0.161. The zero-order valence-electron chi connectivity index (χ0n) is 10.9. The molecule has 0 aromatic carbocycles. The van der Waals surface area contributed by atoms with Crippen molar-refractivity contribution in [2.75, 3.05) is 12.4 Å². The van der Waals surface area contributed by atoms with E-state index in [9.17, 15) is 4.79 Å². The molecule has 6 nitrogen and oxygen atoms in total. The third-order valence-corrected chi connectivity index (χ3v) is 3.38. The smallest absolute Gasteiger partial charge is 0.316 e. The SMILES string of the molecule is CCOC(=O)CSc1nnc([C@@H](N)[C@H](C)CC)o1. The van der Waals surface area contributed by atoms with E-state index in [1.165, 1.54) is 0 Å². The highest BCUT2D eigenvalue weighted by Gasteiger charge is 2.20. The van der Waals surface area contributed by atoms with Gasteiger partial charge in [-0.25, -0.2) is 0 Å². The normalized spacial score (nSPS) is 14.2. The van der Waals surface area contributed by atoms with Crippen LogP contribution in [-0.4, -0.2) is 28.5 Å². The second-order valence-corrected chi connectivity index (χ2v) is 4.84. The average Bonchev–Trinajstić information content (AvgIpc) is 2.83. The summed E-state index contributed by atoms with van der Waals surface area (Å²) in [7, 11) is 0. The molecule has 1 rings (SSSR count). The van der Waals surface area contributed by atoms with E-state index in [4.69, 9.17) is 14.9 Å². The molecule has 0 aliphatic heterocycles. The molecule has 0 aliphatic carbocycles. The molecule has 18 heavy (non-hydrogen) atoms. The Hall–Kier alpha value is -1.08. The molecule has 0 bridgehead atoms. The highest BCUT2D eigenvalue weighted by molar-refractivity contribution is 7.99. The number of ether oxygens (including phenoxy) is 1. The number of rotatable bonds is 7. The van der Waals surface area contributed by atoms with Crippen LogP contribution in [0.5, 0.6) is 0 Å². The molecule has 1 heterocycles. The lowest BCUT2D eigenvalue weighted by molar-refractivity contribution is -0.139. The Labute approximate surface area is 111 Å². The van der Waals surface area contributed by atoms with Gasteiger partial charge in [0.1, 0.15) is 5.75 Å². The van der Waals surface area contributed by atoms with Gasteiger partial charge in [0.2, 0.25) is 5.89 Å². The van der Waals surface area contributed by atoms with E-state index in [1.54, 1.807) is 6.92 Å². The number of carbonyl (C=O) groups excluding carboxylic acids is 1. The minimum Gasteiger partial charge on any atom is -0.465 e.